The number of benzene rings is 2. The van der Waals surface area contributed by atoms with Gasteiger partial charge in [0.2, 0.25) is 0 Å². The summed E-state index contributed by atoms with van der Waals surface area (Å²) in [7, 11) is 0. The molecule has 7 heteroatoms. The lowest BCUT2D eigenvalue weighted by Crippen LogP contribution is -2.23. The molecule has 0 amide bonds. The Kier molecular flexibility index (Phi) is 5.39. The number of halogens is 1. The van der Waals surface area contributed by atoms with Gasteiger partial charge in [0.1, 0.15) is 22.9 Å². The summed E-state index contributed by atoms with van der Waals surface area (Å²) in [6.07, 6.45) is 2.38. The number of aromatic amines is 1. The fourth-order valence-electron chi connectivity index (χ4n) is 3.71. The second-order valence-electron chi connectivity index (χ2n) is 7.49. The lowest BCUT2D eigenvalue weighted by Gasteiger charge is -2.05. The van der Waals surface area contributed by atoms with Crippen molar-refractivity contribution in [2.75, 3.05) is 6.54 Å². The molecule has 0 aliphatic rings. The van der Waals surface area contributed by atoms with Crippen LogP contribution in [0.2, 0.25) is 0 Å². The molecular weight excluding hydrogens is 407 g/mol. The zero-order valence-electron chi connectivity index (χ0n) is 17.2. The third kappa shape index (κ3) is 3.98. The van der Waals surface area contributed by atoms with Gasteiger partial charge in [0, 0.05) is 36.0 Å². The van der Waals surface area contributed by atoms with Gasteiger partial charge in [-0.3, -0.25) is 4.79 Å². The number of hydrogen-bond donors (Lipinski definition) is 2. The quantitative estimate of drug-likeness (QED) is 0.376. The van der Waals surface area contributed by atoms with Crippen LogP contribution in [-0.2, 0) is 13.0 Å². The number of rotatable bonds is 7. The minimum Gasteiger partial charge on any atom is -0.469 e. The van der Waals surface area contributed by atoms with Gasteiger partial charge in [-0.1, -0.05) is 18.2 Å². The van der Waals surface area contributed by atoms with Gasteiger partial charge in [0.05, 0.1) is 12.0 Å². The third-order valence-corrected chi connectivity index (χ3v) is 5.33. The number of nitrogens with one attached hydrogen (secondary N) is 2. The van der Waals surface area contributed by atoms with Crippen molar-refractivity contribution < 1.29 is 8.81 Å². The highest BCUT2D eigenvalue weighted by molar-refractivity contribution is 5.92. The van der Waals surface area contributed by atoms with Gasteiger partial charge in [-0.25, -0.2) is 9.07 Å². The topological polar surface area (TPSA) is 75.8 Å². The van der Waals surface area contributed by atoms with E-state index in [4.69, 9.17) is 9.52 Å². The number of furan rings is 1. The summed E-state index contributed by atoms with van der Waals surface area (Å²) >= 11 is 0. The molecule has 5 rings (SSSR count). The van der Waals surface area contributed by atoms with Gasteiger partial charge in [0.15, 0.2) is 0 Å². The summed E-state index contributed by atoms with van der Waals surface area (Å²) < 4.78 is 20.5. The highest BCUT2D eigenvalue weighted by atomic mass is 19.1. The van der Waals surface area contributed by atoms with Crippen LogP contribution in [0.1, 0.15) is 11.3 Å². The molecule has 3 heterocycles. The van der Waals surface area contributed by atoms with Crippen molar-refractivity contribution in [2.24, 2.45) is 0 Å². The number of pyridine rings is 1. The Balaban J connectivity index is 1.53. The van der Waals surface area contributed by atoms with Gasteiger partial charge in [-0.15, -0.1) is 0 Å². The molecule has 0 atom stereocenters. The molecule has 0 unspecified atom stereocenters. The average molecular weight is 428 g/mol. The highest BCUT2D eigenvalue weighted by Gasteiger charge is 2.16. The fourth-order valence-corrected chi connectivity index (χ4v) is 3.71. The summed E-state index contributed by atoms with van der Waals surface area (Å²) in [5.74, 6) is 0.583. The van der Waals surface area contributed by atoms with Crippen molar-refractivity contribution in [1.82, 2.24) is 20.1 Å². The van der Waals surface area contributed by atoms with Gasteiger partial charge in [0.25, 0.3) is 5.56 Å². The number of nitrogens with zero attached hydrogens (tertiary/aromatic N) is 2. The van der Waals surface area contributed by atoms with Crippen LogP contribution in [0.4, 0.5) is 4.39 Å². The van der Waals surface area contributed by atoms with E-state index in [0.29, 0.717) is 30.0 Å². The Bertz CT molecular complexity index is 1390. The predicted molar refractivity (Wildman–Crippen MR) is 121 cm³/mol. The second-order valence-corrected chi connectivity index (χ2v) is 7.49. The molecule has 0 aliphatic carbocycles. The molecule has 0 spiro atoms. The van der Waals surface area contributed by atoms with Crippen LogP contribution in [-0.4, -0.2) is 21.3 Å². The SMILES string of the molecule is O=c1[nH]c2c(cc1CNCCc1ccco1)c(-c1ccc(F)cc1)nn2-c1ccccc1. The van der Waals surface area contributed by atoms with E-state index < -0.39 is 0 Å². The smallest absolute Gasteiger partial charge is 0.254 e. The summed E-state index contributed by atoms with van der Waals surface area (Å²) in [5.41, 5.74) is 3.30. The number of fused-ring (bicyclic) bond motifs is 1. The van der Waals surface area contributed by atoms with Crippen molar-refractivity contribution in [1.29, 1.82) is 0 Å². The summed E-state index contributed by atoms with van der Waals surface area (Å²) in [6.45, 7) is 1.09. The van der Waals surface area contributed by atoms with Crippen LogP contribution in [0.3, 0.4) is 0 Å². The zero-order chi connectivity index (χ0) is 21.9. The van der Waals surface area contributed by atoms with E-state index in [9.17, 15) is 9.18 Å². The molecule has 160 valence electrons. The molecule has 5 aromatic rings. The summed E-state index contributed by atoms with van der Waals surface area (Å²) in [4.78, 5) is 15.8. The van der Waals surface area contributed by atoms with Gasteiger partial charge in [-0.2, -0.15) is 5.10 Å². The maximum atomic E-state index is 13.5. The first-order chi connectivity index (χ1) is 15.7. The standard InChI is InChI=1S/C25H21FN4O2/c26-19-10-8-17(9-11-19)23-22-15-18(16-27-13-12-21-7-4-14-32-21)25(31)28-24(22)30(29-23)20-5-2-1-3-6-20/h1-11,14-15,27H,12-13,16H2,(H,28,31). The Morgan fingerprint density at radius 1 is 1.03 bits per heavy atom. The van der Waals surface area contributed by atoms with Crippen molar-refractivity contribution in [3.8, 4) is 16.9 Å². The van der Waals surface area contributed by atoms with Crippen LogP contribution in [0, 0.1) is 5.82 Å². The van der Waals surface area contributed by atoms with E-state index in [1.807, 2.05) is 48.5 Å². The largest absolute Gasteiger partial charge is 0.469 e. The van der Waals surface area contributed by atoms with Crippen LogP contribution in [0.25, 0.3) is 28.0 Å². The Morgan fingerprint density at radius 2 is 1.84 bits per heavy atom. The molecule has 32 heavy (non-hydrogen) atoms. The molecule has 0 bridgehead atoms. The van der Waals surface area contributed by atoms with Crippen LogP contribution in [0.15, 0.2) is 88.3 Å². The van der Waals surface area contributed by atoms with E-state index in [-0.39, 0.29) is 11.4 Å². The number of hydrogen-bond acceptors (Lipinski definition) is 4. The Morgan fingerprint density at radius 3 is 2.59 bits per heavy atom. The lowest BCUT2D eigenvalue weighted by molar-refractivity contribution is 0.498. The molecule has 0 radical (unpaired) electrons. The van der Waals surface area contributed by atoms with Gasteiger partial charge < -0.3 is 14.7 Å². The van der Waals surface area contributed by atoms with E-state index in [0.717, 1.165) is 28.8 Å². The van der Waals surface area contributed by atoms with Crippen molar-refractivity contribution >= 4 is 11.0 Å². The fraction of sp³-hybridized carbons (Fsp3) is 0.120. The van der Waals surface area contributed by atoms with Gasteiger partial charge >= 0.3 is 0 Å². The molecule has 3 aromatic heterocycles. The molecule has 2 aromatic carbocycles. The maximum absolute atomic E-state index is 13.5. The molecule has 0 saturated heterocycles. The van der Waals surface area contributed by atoms with Crippen LogP contribution >= 0.6 is 0 Å². The lowest BCUT2D eigenvalue weighted by atomic mass is 10.1. The van der Waals surface area contributed by atoms with Crippen molar-refractivity contribution in [3.05, 3.63) is 107 Å². The summed E-state index contributed by atoms with van der Waals surface area (Å²) in [6, 6.07) is 21.4. The molecule has 2 N–H and O–H groups in total. The van der Waals surface area contributed by atoms with Gasteiger partial charge in [-0.05, 0) is 54.6 Å². The Labute approximate surface area is 183 Å². The van der Waals surface area contributed by atoms with E-state index in [2.05, 4.69) is 10.3 Å². The summed E-state index contributed by atoms with van der Waals surface area (Å²) in [5, 5.41) is 8.85. The predicted octanol–water partition coefficient (Wildman–Crippen LogP) is 4.45. The zero-order valence-corrected chi connectivity index (χ0v) is 17.2. The van der Waals surface area contributed by atoms with Crippen LogP contribution in [0.5, 0.6) is 0 Å². The van der Waals surface area contributed by atoms with E-state index in [1.54, 1.807) is 23.1 Å². The maximum Gasteiger partial charge on any atom is 0.254 e. The minimum atomic E-state index is -0.310. The van der Waals surface area contributed by atoms with Crippen molar-refractivity contribution in [2.45, 2.75) is 13.0 Å². The monoisotopic (exact) mass is 428 g/mol. The molecule has 0 saturated carbocycles. The number of H-pyrrole nitrogens is 1. The Hall–Kier alpha value is -3.97. The first kappa shape index (κ1) is 20.0. The van der Waals surface area contributed by atoms with Crippen LogP contribution < -0.4 is 10.9 Å². The van der Waals surface area contributed by atoms with E-state index >= 15 is 0 Å². The molecule has 0 aliphatic heterocycles. The number of para-hydroxylation sites is 1. The molecule has 0 fully saturated rings. The minimum absolute atomic E-state index is 0.175. The van der Waals surface area contributed by atoms with Crippen molar-refractivity contribution in [3.63, 3.8) is 0 Å². The highest BCUT2D eigenvalue weighted by Crippen LogP contribution is 2.29. The van der Waals surface area contributed by atoms with E-state index in [1.165, 1.54) is 12.1 Å². The normalized spacial score (nSPS) is 11.3. The second kappa shape index (κ2) is 8.64. The third-order valence-electron chi connectivity index (χ3n) is 5.33. The first-order valence-corrected chi connectivity index (χ1v) is 10.4. The molecular formula is C25H21FN4O2. The molecule has 6 nitrogen and oxygen atoms in total. The number of aromatic nitrogens is 3. The average Bonchev–Trinajstić information content (AvgIpc) is 3.46. The first-order valence-electron chi connectivity index (χ1n) is 10.4.